The molecule has 2 N–H and O–H groups in total. The Bertz CT molecular complexity index is 1100. The molecule has 0 aromatic heterocycles. The van der Waals surface area contributed by atoms with Crippen LogP contribution in [0.3, 0.4) is 0 Å². The molecule has 0 aromatic carbocycles. The smallest absolute Gasteiger partial charge is 0.411 e. The maximum Gasteiger partial charge on any atom is 0.411 e. The van der Waals surface area contributed by atoms with Gasteiger partial charge in [-0.3, -0.25) is 4.90 Å². The van der Waals surface area contributed by atoms with Crippen LogP contribution in [0.5, 0.6) is 0 Å². The third-order valence-corrected chi connectivity index (χ3v) is 13.4. The van der Waals surface area contributed by atoms with Crippen LogP contribution in [0.2, 0.25) is 0 Å². The molecule has 5 aliphatic rings. The molecule has 6 heteroatoms. The molecule has 1 amide bonds. The van der Waals surface area contributed by atoms with Gasteiger partial charge in [-0.05, 0) is 152 Å². The van der Waals surface area contributed by atoms with Crippen LogP contribution in [0.15, 0.2) is 11.6 Å². The van der Waals surface area contributed by atoms with Crippen molar-refractivity contribution in [3.63, 3.8) is 0 Å². The summed E-state index contributed by atoms with van der Waals surface area (Å²) < 4.78 is 5.72. The molecule has 4 aliphatic carbocycles. The van der Waals surface area contributed by atoms with Gasteiger partial charge in [0, 0.05) is 6.54 Å². The molecule has 6 nitrogen and oxygen atoms in total. The molecule has 0 unspecified atom stereocenters. The van der Waals surface area contributed by atoms with E-state index in [9.17, 15) is 19.8 Å². The van der Waals surface area contributed by atoms with Crippen molar-refractivity contribution in [1.82, 2.24) is 4.90 Å². The number of likely N-dealkylation sites (tertiary alicyclic amines) is 1. The molecule has 43 heavy (non-hydrogen) atoms. The number of ether oxygens (including phenoxy) is 1. The van der Waals surface area contributed by atoms with E-state index in [4.69, 9.17) is 4.74 Å². The maximum absolute atomic E-state index is 13.3. The molecule has 3 saturated carbocycles. The number of aliphatic carboxylic acids is 1. The molecule has 5 rings (SSSR count). The second kappa shape index (κ2) is 11.4. The van der Waals surface area contributed by atoms with Gasteiger partial charge in [-0.15, -0.1) is 0 Å². The molecule has 0 spiro atoms. The zero-order valence-electron chi connectivity index (χ0n) is 28.5. The Morgan fingerprint density at radius 1 is 1.05 bits per heavy atom. The van der Waals surface area contributed by atoms with Crippen molar-refractivity contribution in [2.75, 3.05) is 6.54 Å². The number of carbonyl (C=O) groups excluding carboxylic acids is 1. The van der Waals surface area contributed by atoms with Crippen LogP contribution in [0, 0.1) is 46.3 Å². The summed E-state index contributed by atoms with van der Waals surface area (Å²) >= 11 is 0. The van der Waals surface area contributed by atoms with Crippen LogP contribution in [0.1, 0.15) is 139 Å². The Morgan fingerprint density at radius 2 is 1.77 bits per heavy atom. The topological polar surface area (TPSA) is 87.1 Å². The number of hydrogen-bond donors (Lipinski definition) is 2. The lowest BCUT2D eigenvalue weighted by molar-refractivity contribution is -0.154. The van der Waals surface area contributed by atoms with Crippen LogP contribution in [0.4, 0.5) is 4.79 Å². The van der Waals surface area contributed by atoms with E-state index in [0.29, 0.717) is 36.6 Å². The fourth-order valence-electron chi connectivity index (χ4n) is 11.3. The van der Waals surface area contributed by atoms with E-state index < -0.39 is 28.8 Å². The number of aliphatic hydroxyl groups is 1. The number of carbonyl (C=O) groups is 2. The number of carboxylic acid groups (broad SMARTS) is 1. The van der Waals surface area contributed by atoms with Crippen molar-refractivity contribution in [3.8, 4) is 0 Å². The molecular formula is C37H61NO5. The molecule has 1 aliphatic heterocycles. The first-order valence-electron chi connectivity index (χ1n) is 17.6. The van der Waals surface area contributed by atoms with Crippen molar-refractivity contribution in [2.45, 2.75) is 156 Å². The predicted molar refractivity (Wildman–Crippen MR) is 171 cm³/mol. The van der Waals surface area contributed by atoms with Gasteiger partial charge in [0.25, 0.3) is 0 Å². The summed E-state index contributed by atoms with van der Waals surface area (Å²) in [6.07, 6.45) is 15.5. The molecule has 4 fully saturated rings. The van der Waals surface area contributed by atoms with Gasteiger partial charge < -0.3 is 14.9 Å². The van der Waals surface area contributed by atoms with E-state index >= 15 is 0 Å². The zero-order chi connectivity index (χ0) is 31.6. The van der Waals surface area contributed by atoms with Crippen LogP contribution in [-0.2, 0) is 9.53 Å². The average molecular weight is 600 g/mol. The Labute approximate surface area is 261 Å². The summed E-state index contributed by atoms with van der Waals surface area (Å²) in [4.78, 5) is 27.9. The molecular weight excluding hydrogens is 538 g/mol. The lowest BCUT2D eigenvalue weighted by Gasteiger charge is -2.59. The van der Waals surface area contributed by atoms with Crippen molar-refractivity contribution in [1.29, 1.82) is 0 Å². The highest BCUT2D eigenvalue weighted by Crippen LogP contribution is 2.68. The first kappa shape index (κ1) is 32.8. The SMILES string of the molecule is C[C@H](CCCC(C)(C)O)[C@H]1CC[C@H]2[C@@H]3CC=C4C[C@@H]([C@]5(C(=O)O)CCCN5C(=O)OC(C)(C)C)CC[C@]4(C)[C@H]3CC[C@]12C. The Morgan fingerprint density at radius 3 is 2.42 bits per heavy atom. The molecule has 9 atom stereocenters. The lowest BCUT2D eigenvalue weighted by atomic mass is 9.46. The third-order valence-electron chi connectivity index (χ3n) is 13.4. The Kier molecular flexibility index (Phi) is 8.67. The normalized spacial score (nSPS) is 40.3. The fraction of sp³-hybridized carbons (Fsp3) is 0.892. The molecule has 244 valence electrons. The summed E-state index contributed by atoms with van der Waals surface area (Å²) in [5.41, 5.74) is -0.396. The number of hydrogen-bond acceptors (Lipinski definition) is 4. The van der Waals surface area contributed by atoms with Crippen molar-refractivity contribution in [3.05, 3.63) is 11.6 Å². The minimum atomic E-state index is -1.17. The van der Waals surface area contributed by atoms with Gasteiger partial charge in [0.2, 0.25) is 0 Å². The van der Waals surface area contributed by atoms with Gasteiger partial charge in [0.05, 0.1) is 5.60 Å². The third kappa shape index (κ3) is 5.81. The van der Waals surface area contributed by atoms with E-state index in [0.717, 1.165) is 56.3 Å². The number of rotatable bonds is 7. The summed E-state index contributed by atoms with van der Waals surface area (Å²) in [5, 5.41) is 20.9. The summed E-state index contributed by atoms with van der Waals surface area (Å²) in [5.74, 6) is 2.68. The Balaban J connectivity index is 1.32. The van der Waals surface area contributed by atoms with Gasteiger partial charge >= 0.3 is 12.1 Å². The second-order valence-corrected chi connectivity index (χ2v) is 17.6. The predicted octanol–water partition coefficient (Wildman–Crippen LogP) is 8.61. The quantitative estimate of drug-likeness (QED) is 0.286. The van der Waals surface area contributed by atoms with Gasteiger partial charge in [0.1, 0.15) is 11.1 Å². The van der Waals surface area contributed by atoms with E-state index in [1.807, 2.05) is 34.6 Å². The van der Waals surface area contributed by atoms with Gasteiger partial charge in [-0.2, -0.15) is 0 Å². The van der Waals surface area contributed by atoms with Crippen LogP contribution >= 0.6 is 0 Å². The van der Waals surface area contributed by atoms with Crippen molar-refractivity contribution in [2.24, 2.45) is 46.3 Å². The van der Waals surface area contributed by atoms with Crippen molar-refractivity contribution >= 4 is 12.1 Å². The molecule has 0 radical (unpaired) electrons. The minimum Gasteiger partial charge on any atom is -0.479 e. The summed E-state index contributed by atoms with van der Waals surface area (Å²) in [6, 6.07) is 0. The number of nitrogens with zero attached hydrogens (tertiary/aromatic N) is 1. The molecule has 0 aromatic rings. The lowest BCUT2D eigenvalue weighted by Crippen LogP contribution is -2.60. The Hall–Kier alpha value is -1.56. The van der Waals surface area contributed by atoms with E-state index in [1.165, 1.54) is 37.7 Å². The van der Waals surface area contributed by atoms with Crippen LogP contribution in [-0.4, -0.2) is 50.5 Å². The highest BCUT2D eigenvalue weighted by molar-refractivity contribution is 5.86. The highest BCUT2D eigenvalue weighted by atomic mass is 16.6. The van der Waals surface area contributed by atoms with Crippen LogP contribution < -0.4 is 0 Å². The summed E-state index contributed by atoms with van der Waals surface area (Å²) in [6.45, 7) is 17.4. The van der Waals surface area contributed by atoms with E-state index in [2.05, 4.69) is 26.8 Å². The monoisotopic (exact) mass is 599 g/mol. The van der Waals surface area contributed by atoms with E-state index in [1.54, 1.807) is 4.90 Å². The molecule has 1 heterocycles. The first-order chi connectivity index (χ1) is 19.9. The molecule has 0 bridgehead atoms. The number of carboxylic acids is 1. The largest absolute Gasteiger partial charge is 0.479 e. The first-order valence-corrected chi connectivity index (χ1v) is 17.6. The number of allylic oxidation sites excluding steroid dienone is 2. The zero-order valence-corrected chi connectivity index (χ0v) is 28.5. The molecule has 1 saturated heterocycles. The minimum absolute atomic E-state index is 0.0784. The summed E-state index contributed by atoms with van der Waals surface area (Å²) in [7, 11) is 0. The second-order valence-electron chi connectivity index (χ2n) is 17.6. The van der Waals surface area contributed by atoms with Gasteiger partial charge in [0.15, 0.2) is 0 Å². The van der Waals surface area contributed by atoms with Crippen molar-refractivity contribution < 1.29 is 24.5 Å². The van der Waals surface area contributed by atoms with Crippen LogP contribution in [0.25, 0.3) is 0 Å². The standard InChI is InChI=1S/C37H61NO5/c1-24(11-9-18-34(5,6)42)28-14-15-29-27-13-12-25-23-26(16-20-35(25,7)30(27)17-21-36(28,29)8)37(31(39)40)19-10-22-38(37)32(41)43-33(2,3)4/h12,24,26-30,42H,9-11,13-23H2,1-8H3,(H,39,40)/t24-,26+,27+,28-,29+,30+,35+,36-,37+/m1/s1. The van der Waals surface area contributed by atoms with E-state index in [-0.39, 0.29) is 11.3 Å². The van der Waals surface area contributed by atoms with Gasteiger partial charge in [-0.25, -0.2) is 9.59 Å². The fourth-order valence-corrected chi connectivity index (χ4v) is 11.3. The number of amides is 1. The highest BCUT2D eigenvalue weighted by Gasteiger charge is 2.62. The number of fused-ring (bicyclic) bond motifs is 5. The maximum atomic E-state index is 13.3. The van der Waals surface area contributed by atoms with Gasteiger partial charge in [-0.1, -0.05) is 45.3 Å². The average Bonchev–Trinajstić information content (AvgIpc) is 3.49.